The molecule has 2 aromatic carbocycles. The second-order valence-corrected chi connectivity index (χ2v) is 8.98. The number of benzene rings is 2. The number of aliphatic carboxylic acids is 1. The average molecular weight is 481 g/mol. The molecule has 7 nitrogen and oxygen atoms in total. The van der Waals surface area contributed by atoms with Crippen LogP contribution in [0.5, 0.6) is 0 Å². The lowest BCUT2D eigenvalue weighted by molar-refractivity contribution is -0.137. The van der Waals surface area contributed by atoms with Crippen molar-refractivity contribution in [1.29, 1.82) is 0 Å². The molecule has 7 heteroatoms. The summed E-state index contributed by atoms with van der Waals surface area (Å²) in [6.07, 6.45) is 2.47. The molecule has 0 saturated heterocycles. The van der Waals surface area contributed by atoms with Crippen molar-refractivity contribution in [2.45, 2.75) is 64.3 Å². The minimum Gasteiger partial charge on any atom is -0.481 e. The van der Waals surface area contributed by atoms with Gasteiger partial charge in [-0.2, -0.15) is 0 Å². The molecule has 2 amide bonds. The summed E-state index contributed by atoms with van der Waals surface area (Å²) in [5, 5.41) is 11.7. The van der Waals surface area contributed by atoms with Crippen molar-refractivity contribution in [1.82, 2.24) is 10.2 Å². The fourth-order valence-corrected chi connectivity index (χ4v) is 4.76. The third kappa shape index (κ3) is 7.07. The monoisotopic (exact) mass is 480 g/mol. The van der Waals surface area contributed by atoms with Crippen LogP contribution in [0.2, 0.25) is 0 Å². The van der Waals surface area contributed by atoms with Crippen LogP contribution < -0.4 is 5.32 Å². The molecule has 1 aliphatic carbocycles. The molecule has 0 aliphatic heterocycles. The zero-order valence-corrected chi connectivity index (χ0v) is 20.7. The summed E-state index contributed by atoms with van der Waals surface area (Å²) >= 11 is 0. The van der Waals surface area contributed by atoms with Gasteiger partial charge in [-0.25, -0.2) is 4.79 Å². The lowest BCUT2D eigenvalue weighted by Crippen LogP contribution is -2.41. The molecule has 0 aromatic heterocycles. The Morgan fingerprint density at radius 2 is 1.63 bits per heavy atom. The van der Waals surface area contributed by atoms with Gasteiger partial charge in [0.2, 0.25) is 5.91 Å². The highest BCUT2D eigenvalue weighted by Crippen LogP contribution is 2.44. The summed E-state index contributed by atoms with van der Waals surface area (Å²) in [7, 11) is 0. The highest BCUT2D eigenvalue weighted by Gasteiger charge is 2.29. The van der Waals surface area contributed by atoms with E-state index in [1.165, 1.54) is 11.1 Å². The van der Waals surface area contributed by atoms with E-state index in [-0.39, 0.29) is 37.3 Å². The zero-order valence-electron chi connectivity index (χ0n) is 20.7. The van der Waals surface area contributed by atoms with Gasteiger partial charge in [-0.05, 0) is 48.4 Å². The smallest absolute Gasteiger partial charge is 0.407 e. The minimum absolute atomic E-state index is 0.0132. The van der Waals surface area contributed by atoms with E-state index in [1.807, 2.05) is 38.1 Å². The molecule has 0 saturated carbocycles. The van der Waals surface area contributed by atoms with E-state index in [2.05, 4.69) is 29.6 Å². The van der Waals surface area contributed by atoms with Crippen molar-refractivity contribution in [3.63, 3.8) is 0 Å². The summed E-state index contributed by atoms with van der Waals surface area (Å²) in [5.41, 5.74) is 4.66. The van der Waals surface area contributed by atoms with Gasteiger partial charge in [-0.15, -0.1) is 0 Å². The van der Waals surface area contributed by atoms with Gasteiger partial charge in [0.1, 0.15) is 6.61 Å². The van der Waals surface area contributed by atoms with E-state index in [0.29, 0.717) is 32.4 Å². The molecular formula is C28H36N2O5. The number of amides is 2. The molecule has 0 bridgehead atoms. The number of ether oxygens (including phenoxy) is 1. The van der Waals surface area contributed by atoms with Crippen molar-refractivity contribution < 1.29 is 24.2 Å². The molecule has 1 atom stereocenters. The molecule has 2 N–H and O–H groups in total. The van der Waals surface area contributed by atoms with Gasteiger partial charge >= 0.3 is 12.1 Å². The number of nitrogens with one attached hydrogen (secondary N) is 1. The van der Waals surface area contributed by atoms with Crippen molar-refractivity contribution in [3.8, 4) is 11.1 Å². The Labute approximate surface area is 207 Å². The first-order valence-corrected chi connectivity index (χ1v) is 12.6. The summed E-state index contributed by atoms with van der Waals surface area (Å²) in [5.74, 6) is -0.879. The van der Waals surface area contributed by atoms with Gasteiger partial charge in [0, 0.05) is 37.9 Å². The van der Waals surface area contributed by atoms with Crippen molar-refractivity contribution in [3.05, 3.63) is 59.7 Å². The Kier molecular flexibility index (Phi) is 9.70. The second kappa shape index (κ2) is 12.9. The van der Waals surface area contributed by atoms with Gasteiger partial charge in [0.15, 0.2) is 0 Å². The van der Waals surface area contributed by atoms with Gasteiger partial charge in [-0.1, -0.05) is 61.9 Å². The number of carboxylic acid groups (broad SMARTS) is 1. The Hall–Kier alpha value is -3.35. The molecule has 0 heterocycles. The lowest BCUT2D eigenvalue weighted by atomic mass is 9.98. The number of nitrogens with zero attached hydrogens (tertiary/aromatic N) is 1. The fraction of sp³-hybridized carbons (Fsp3) is 0.464. The van der Waals surface area contributed by atoms with Crippen molar-refractivity contribution in [2.75, 3.05) is 19.7 Å². The molecule has 2 aromatic rings. The van der Waals surface area contributed by atoms with E-state index in [9.17, 15) is 14.4 Å². The van der Waals surface area contributed by atoms with Crippen molar-refractivity contribution in [2.24, 2.45) is 0 Å². The third-order valence-electron chi connectivity index (χ3n) is 6.53. The van der Waals surface area contributed by atoms with Crippen LogP contribution in [0.25, 0.3) is 11.1 Å². The molecule has 0 fully saturated rings. The predicted octanol–water partition coefficient (Wildman–Crippen LogP) is 5.19. The SMILES string of the molecule is CCC[C@@H](CC(=O)N(CC)CCCCC(=O)O)NC(=O)OCC1c2ccccc2-c2ccccc21. The van der Waals surface area contributed by atoms with Crippen LogP contribution in [0.15, 0.2) is 48.5 Å². The molecule has 35 heavy (non-hydrogen) atoms. The highest BCUT2D eigenvalue weighted by atomic mass is 16.5. The number of alkyl carbamates (subject to hydrolysis) is 1. The molecule has 0 unspecified atom stereocenters. The quantitative estimate of drug-likeness (QED) is 0.385. The average Bonchev–Trinajstić information content (AvgIpc) is 3.16. The van der Waals surface area contributed by atoms with E-state index < -0.39 is 12.1 Å². The third-order valence-corrected chi connectivity index (χ3v) is 6.53. The van der Waals surface area contributed by atoms with Gasteiger partial charge < -0.3 is 20.1 Å². The maximum Gasteiger partial charge on any atom is 0.407 e. The van der Waals surface area contributed by atoms with Crippen LogP contribution in [0.1, 0.15) is 69.4 Å². The Morgan fingerprint density at radius 1 is 1.00 bits per heavy atom. The number of unbranched alkanes of at least 4 members (excludes halogenated alkanes) is 1. The van der Waals surface area contributed by atoms with Gasteiger partial charge in [0.05, 0.1) is 0 Å². The van der Waals surface area contributed by atoms with E-state index in [4.69, 9.17) is 9.84 Å². The first-order chi connectivity index (χ1) is 16.9. The topological polar surface area (TPSA) is 95.9 Å². The summed E-state index contributed by atoms with van der Waals surface area (Å²) in [6.45, 7) is 5.22. The predicted molar refractivity (Wildman–Crippen MR) is 135 cm³/mol. The number of rotatable bonds is 13. The van der Waals surface area contributed by atoms with Gasteiger partial charge in [0.25, 0.3) is 0 Å². The van der Waals surface area contributed by atoms with Crippen LogP contribution in [0, 0.1) is 0 Å². The molecule has 0 radical (unpaired) electrons. The normalized spacial score (nSPS) is 13.0. The summed E-state index contributed by atoms with van der Waals surface area (Å²) < 4.78 is 5.66. The minimum atomic E-state index is -0.824. The maximum absolute atomic E-state index is 12.8. The Bertz CT molecular complexity index is 976. The maximum atomic E-state index is 12.8. The van der Waals surface area contributed by atoms with Crippen LogP contribution in [-0.2, 0) is 14.3 Å². The number of hydrogen-bond donors (Lipinski definition) is 2. The molecule has 188 valence electrons. The Balaban J connectivity index is 1.54. The molecular weight excluding hydrogens is 444 g/mol. The highest BCUT2D eigenvalue weighted by molar-refractivity contribution is 5.79. The summed E-state index contributed by atoms with van der Waals surface area (Å²) in [4.78, 5) is 37.9. The first-order valence-electron chi connectivity index (χ1n) is 12.6. The molecule has 1 aliphatic rings. The van der Waals surface area contributed by atoms with E-state index >= 15 is 0 Å². The Morgan fingerprint density at radius 3 is 2.20 bits per heavy atom. The van der Waals surface area contributed by atoms with Crippen molar-refractivity contribution >= 4 is 18.0 Å². The number of carbonyl (C=O) groups is 3. The summed E-state index contributed by atoms with van der Waals surface area (Å²) in [6, 6.07) is 16.1. The second-order valence-electron chi connectivity index (χ2n) is 8.98. The number of carbonyl (C=O) groups excluding carboxylic acids is 2. The standard InChI is InChI=1S/C28H36N2O5/c1-3-11-20(18-26(31)30(4-2)17-10-9-16-27(32)33)29-28(34)35-19-25-23-14-7-5-12-21(23)22-13-6-8-15-24(22)25/h5-8,12-15,20,25H,3-4,9-11,16-19H2,1-2H3,(H,29,34)(H,32,33)/t20-/m0/s1. The largest absolute Gasteiger partial charge is 0.481 e. The zero-order chi connectivity index (χ0) is 25.2. The number of hydrogen-bond acceptors (Lipinski definition) is 4. The number of carboxylic acids is 1. The van der Waals surface area contributed by atoms with Crippen LogP contribution in [0.3, 0.4) is 0 Å². The van der Waals surface area contributed by atoms with Crippen LogP contribution >= 0.6 is 0 Å². The lowest BCUT2D eigenvalue weighted by Gasteiger charge is -2.24. The van der Waals surface area contributed by atoms with E-state index in [1.54, 1.807) is 4.90 Å². The fourth-order valence-electron chi connectivity index (χ4n) is 4.76. The molecule has 3 rings (SSSR count). The van der Waals surface area contributed by atoms with Crippen LogP contribution in [-0.4, -0.2) is 53.7 Å². The van der Waals surface area contributed by atoms with E-state index in [0.717, 1.165) is 17.5 Å². The molecule has 0 spiro atoms. The van der Waals surface area contributed by atoms with Gasteiger partial charge in [-0.3, -0.25) is 9.59 Å². The first kappa shape index (κ1) is 26.3. The number of fused-ring (bicyclic) bond motifs is 3. The van der Waals surface area contributed by atoms with Crippen LogP contribution in [0.4, 0.5) is 4.79 Å².